The van der Waals surface area contributed by atoms with Crippen molar-refractivity contribution in [2.45, 2.75) is 12.8 Å². The molecule has 0 aliphatic carbocycles. The van der Waals surface area contributed by atoms with E-state index in [9.17, 15) is 18.0 Å². The van der Waals surface area contributed by atoms with Crippen molar-refractivity contribution in [2.75, 3.05) is 13.6 Å². The predicted molar refractivity (Wildman–Crippen MR) is 65.9 cm³/mol. The average molecular weight is 299 g/mol. The van der Waals surface area contributed by atoms with Crippen LogP contribution < -0.4 is 0 Å². The van der Waals surface area contributed by atoms with Crippen LogP contribution in [0.1, 0.15) is 29.0 Å². The highest BCUT2D eigenvalue weighted by Crippen LogP contribution is 2.18. The van der Waals surface area contributed by atoms with Crippen LogP contribution in [0.25, 0.3) is 0 Å². The molecule has 2 rings (SSSR count). The zero-order valence-electron chi connectivity index (χ0n) is 11.3. The molecule has 21 heavy (non-hydrogen) atoms. The lowest BCUT2D eigenvalue weighted by Gasteiger charge is -2.20. The van der Waals surface area contributed by atoms with E-state index in [4.69, 9.17) is 0 Å². The first kappa shape index (κ1) is 14.9. The molecular weight excluding hydrogens is 287 g/mol. The highest BCUT2D eigenvalue weighted by molar-refractivity contribution is 5.94. The van der Waals surface area contributed by atoms with Gasteiger partial charge in [-0.15, -0.1) is 10.2 Å². The Morgan fingerprint density at radius 2 is 2.05 bits per heavy atom. The molecule has 0 bridgehead atoms. The summed E-state index contributed by atoms with van der Waals surface area (Å²) in [5.74, 6) is -5.14. The molecule has 0 saturated carbocycles. The number of tetrazole rings is 1. The van der Waals surface area contributed by atoms with Crippen molar-refractivity contribution in [1.82, 2.24) is 25.5 Å². The van der Waals surface area contributed by atoms with Gasteiger partial charge in [0.05, 0.1) is 5.56 Å². The quantitative estimate of drug-likeness (QED) is 0.868. The number of benzene rings is 1. The molecule has 0 spiro atoms. The molecule has 0 aliphatic heterocycles. The summed E-state index contributed by atoms with van der Waals surface area (Å²) in [6.07, 6.45) is 0. The van der Waals surface area contributed by atoms with E-state index in [0.717, 1.165) is 6.07 Å². The Balaban J connectivity index is 2.14. The molecule has 0 radical (unpaired) electrons. The minimum atomic E-state index is -1.67. The van der Waals surface area contributed by atoms with Gasteiger partial charge in [-0.1, -0.05) is 12.1 Å². The molecule has 112 valence electrons. The smallest absolute Gasteiger partial charge is 0.256 e. The van der Waals surface area contributed by atoms with Crippen LogP contribution in [0.3, 0.4) is 0 Å². The summed E-state index contributed by atoms with van der Waals surface area (Å²) < 4.78 is 39.6. The Morgan fingerprint density at radius 1 is 1.33 bits per heavy atom. The lowest BCUT2D eigenvalue weighted by molar-refractivity contribution is 0.0781. The highest BCUT2D eigenvalue weighted by Gasteiger charge is 2.23. The van der Waals surface area contributed by atoms with E-state index < -0.39 is 28.9 Å². The second kappa shape index (κ2) is 5.90. The van der Waals surface area contributed by atoms with Gasteiger partial charge in [-0.2, -0.15) is 5.21 Å². The maximum absolute atomic E-state index is 13.6. The molecule has 1 N–H and O–H groups in total. The molecular formula is C12H12F3N5O. The van der Waals surface area contributed by atoms with Crippen LogP contribution in [0.4, 0.5) is 13.2 Å². The SMILES string of the molecule is C[C@@H](CN(C)C(=O)c1ccc(F)c(F)c1F)c1nn[nH]n1. The Kier molecular flexibility index (Phi) is 4.20. The lowest BCUT2D eigenvalue weighted by Crippen LogP contribution is -2.31. The largest absolute Gasteiger partial charge is 0.341 e. The topological polar surface area (TPSA) is 74.8 Å². The number of H-pyrrole nitrogens is 1. The van der Waals surface area contributed by atoms with Gasteiger partial charge in [0.25, 0.3) is 5.91 Å². The molecule has 1 aromatic carbocycles. The van der Waals surface area contributed by atoms with Gasteiger partial charge in [0, 0.05) is 19.5 Å². The lowest BCUT2D eigenvalue weighted by atomic mass is 10.1. The van der Waals surface area contributed by atoms with Crippen molar-refractivity contribution in [3.63, 3.8) is 0 Å². The van der Waals surface area contributed by atoms with E-state index >= 15 is 0 Å². The third kappa shape index (κ3) is 3.01. The molecule has 1 aromatic heterocycles. The summed E-state index contributed by atoms with van der Waals surface area (Å²) in [4.78, 5) is 13.2. The zero-order valence-corrected chi connectivity index (χ0v) is 11.3. The Bertz CT molecular complexity index is 647. The number of halogens is 3. The predicted octanol–water partition coefficient (Wildman–Crippen LogP) is 1.49. The Labute approximate surface area is 118 Å². The van der Waals surface area contributed by atoms with E-state index in [0.29, 0.717) is 11.9 Å². The number of amides is 1. The van der Waals surface area contributed by atoms with Gasteiger partial charge in [0.1, 0.15) is 0 Å². The molecule has 0 unspecified atom stereocenters. The van der Waals surface area contributed by atoms with E-state index in [1.54, 1.807) is 6.92 Å². The summed E-state index contributed by atoms with van der Waals surface area (Å²) >= 11 is 0. The van der Waals surface area contributed by atoms with Crippen molar-refractivity contribution in [2.24, 2.45) is 0 Å². The molecule has 9 heteroatoms. The molecule has 0 aliphatic rings. The molecule has 6 nitrogen and oxygen atoms in total. The first-order valence-corrected chi connectivity index (χ1v) is 6.04. The Morgan fingerprint density at radius 3 is 2.67 bits per heavy atom. The van der Waals surface area contributed by atoms with Gasteiger partial charge >= 0.3 is 0 Å². The van der Waals surface area contributed by atoms with Gasteiger partial charge in [-0.25, -0.2) is 13.2 Å². The summed E-state index contributed by atoms with van der Waals surface area (Å²) in [5.41, 5.74) is -0.531. The van der Waals surface area contributed by atoms with Gasteiger partial charge in [0.2, 0.25) is 0 Å². The summed E-state index contributed by atoms with van der Waals surface area (Å²) in [7, 11) is 1.42. The maximum atomic E-state index is 13.6. The number of aromatic nitrogens is 4. The van der Waals surface area contributed by atoms with Gasteiger partial charge in [0.15, 0.2) is 23.3 Å². The number of likely N-dealkylation sites (N-methyl/N-ethyl adjacent to an activating group) is 1. The van der Waals surface area contributed by atoms with Crippen LogP contribution in [0.5, 0.6) is 0 Å². The standard InChI is InChI=1S/C12H12F3N5O/c1-6(11-16-18-19-17-11)5-20(2)12(21)7-3-4-8(13)10(15)9(7)14/h3-4,6H,5H2,1-2H3,(H,16,17,18,19)/t6-/m0/s1. The average Bonchev–Trinajstić information content (AvgIpc) is 2.98. The number of aromatic amines is 1. The summed E-state index contributed by atoms with van der Waals surface area (Å²) in [6.45, 7) is 1.91. The van der Waals surface area contributed by atoms with Crippen molar-refractivity contribution in [3.8, 4) is 0 Å². The third-order valence-corrected chi connectivity index (χ3v) is 2.96. The number of carbonyl (C=O) groups excluding carboxylic acids is 1. The first-order chi connectivity index (χ1) is 9.91. The van der Waals surface area contributed by atoms with Crippen molar-refractivity contribution in [3.05, 3.63) is 41.0 Å². The van der Waals surface area contributed by atoms with Crippen molar-refractivity contribution >= 4 is 5.91 Å². The molecule has 1 heterocycles. The van der Waals surface area contributed by atoms with Crippen molar-refractivity contribution in [1.29, 1.82) is 0 Å². The van der Waals surface area contributed by atoms with E-state index in [2.05, 4.69) is 20.6 Å². The number of nitrogens with one attached hydrogen (secondary N) is 1. The first-order valence-electron chi connectivity index (χ1n) is 6.04. The number of carbonyl (C=O) groups is 1. The zero-order chi connectivity index (χ0) is 15.6. The van der Waals surface area contributed by atoms with E-state index in [-0.39, 0.29) is 12.5 Å². The molecule has 1 amide bonds. The van der Waals surface area contributed by atoms with Crippen LogP contribution in [0.15, 0.2) is 12.1 Å². The van der Waals surface area contributed by atoms with E-state index in [1.807, 2.05) is 0 Å². The fourth-order valence-electron chi connectivity index (χ4n) is 1.85. The minimum absolute atomic E-state index is 0.163. The number of hydrogen-bond acceptors (Lipinski definition) is 4. The second-order valence-corrected chi connectivity index (χ2v) is 4.58. The van der Waals surface area contributed by atoms with Crippen LogP contribution >= 0.6 is 0 Å². The second-order valence-electron chi connectivity index (χ2n) is 4.58. The summed E-state index contributed by atoms with van der Waals surface area (Å²) in [5, 5.41) is 13.2. The van der Waals surface area contributed by atoms with Crippen LogP contribution in [-0.2, 0) is 0 Å². The fraction of sp³-hybridized carbons (Fsp3) is 0.333. The minimum Gasteiger partial charge on any atom is -0.341 e. The number of hydrogen-bond donors (Lipinski definition) is 1. The number of rotatable bonds is 4. The Hall–Kier alpha value is -2.45. The molecule has 0 saturated heterocycles. The van der Waals surface area contributed by atoms with Gasteiger partial charge in [-0.05, 0) is 12.1 Å². The molecule has 2 aromatic rings. The molecule has 1 atom stereocenters. The molecule has 0 fully saturated rings. The maximum Gasteiger partial charge on any atom is 0.256 e. The van der Waals surface area contributed by atoms with Crippen LogP contribution in [-0.4, -0.2) is 45.0 Å². The van der Waals surface area contributed by atoms with Crippen molar-refractivity contribution < 1.29 is 18.0 Å². The van der Waals surface area contributed by atoms with Crippen LogP contribution in [0, 0.1) is 17.5 Å². The summed E-state index contributed by atoms with van der Waals surface area (Å²) in [6, 6.07) is 1.62. The normalized spacial score (nSPS) is 12.2. The number of nitrogens with zero attached hydrogens (tertiary/aromatic N) is 4. The monoisotopic (exact) mass is 299 g/mol. The van der Waals surface area contributed by atoms with Gasteiger partial charge in [-0.3, -0.25) is 4.79 Å². The third-order valence-electron chi connectivity index (χ3n) is 2.96. The van der Waals surface area contributed by atoms with E-state index in [1.165, 1.54) is 11.9 Å². The van der Waals surface area contributed by atoms with Gasteiger partial charge < -0.3 is 4.90 Å². The van der Waals surface area contributed by atoms with Crippen LogP contribution in [0.2, 0.25) is 0 Å². The highest BCUT2D eigenvalue weighted by atomic mass is 19.2. The fourth-order valence-corrected chi connectivity index (χ4v) is 1.85.